The predicted octanol–water partition coefficient (Wildman–Crippen LogP) is 8.04. The van der Waals surface area contributed by atoms with E-state index >= 15 is 4.79 Å². The van der Waals surface area contributed by atoms with Gasteiger partial charge in [-0.05, 0) is 111 Å². The van der Waals surface area contributed by atoms with Crippen molar-refractivity contribution in [2.75, 3.05) is 65.2 Å². The number of unbranched alkanes of at least 4 members (excludes halogenated alkanes) is 2. The highest BCUT2D eigenvalue weighted by molar-refractivity contribution is 7.99. The third-order valence-corrected chi connectivity index (χ3v) is 14.0. The number of fused-ring (bicyclic) bond motifs is 2. The predicted molar refractivity (Wildman–Crippen MR) is 252 cm³/mol. The standard InChI is InChI=1S/C52H65N3O10S/c1-2-27-63-52-47(55(23-29-60-30-26-58)51(59)38-19-17-37(36-53)18-20-38)35-45(54-65-48-16-8-11-28-62-48)43-33-39(12-6-9-24-56)42(15-7-10-25-57)49(50(43)52)44-34-40(21-22-46(44)64-52)61-31-32-66-41-13-4-3-5-14-41/h2-5,13-14,17-22,33-34,39,42,47-50,56-58H,1,6-12,15-16,23-32,35H2. The van der Waals surface area contributed by atoms with Crippen LogP contribution >= 0.6 is 11.8 Å². The van der Waals surface area contributed by atoms with E-state index in [0.29, 0.717) is 60.8 Å². The Morgan fingerprint density at radius 2 is 1.77 bits per heavy atom. The molecule has 1 saturated heterocycles. The first kappa shape index (κ1) is 49.2. The quantitative estimate of drug-likeness (QED) is 0.0324. The van der Waals surface area contributed by atoms with Crippen molar-refractivity contribution in [2.24, 2.45) is 22.9 Å². The van der Waals surface area contributed by atoms with Gasteiger partial charge in [0, 0.05) is 60.3 Å². The van der Waals surface area contributed by atoms with E-state index in [2.05, 4.69) is 36.9 Å². The van der Waals surface area contributed by atoms with E-state index < -0.39 is 24.0 Å². The molecule has 2 aliphatic heterocycles. The number of carbonyl (C=O) groups excluding carboxylic acids is 1. The van der Waals surface area contributed by atoms with Crippen LogP contribution in [0.4, 0.5) is 0 Å². The topological polar surface area (TPSA) is 173 Å². The van der Waals surface area contributed by atoms with Crippen LogP contribution in [0.15, 0.2) is 107 Å². The van der Waals surface area contributed by atoms with Crippen molar-refractivity contribution in [1.29, 1.82) is 5.26 Å². The number of nitriles is 1. The fourth-order valence-electron chi connectivity index (χ4n) is 10.1. The van der Waals surface area contributed by atoms with Crippen LogP contribution in [0.1, 0.15) is 91.6 Å². The summed E-state index contributed by atoms with van der Waals surface area (Å²) in [5, 5.41) is 44.2. The largest absolute Gasteiger partial charge is 0.493 e. The molecule has 1 saturated carbocycles. The van der Waals surface area contributed by atoms with Crippen LogP contribution in [0.2, 0.25) is 0 Å². The van der Waals surface area contributed by atoms with Crippen LogP contribution in [-0.2, 0) is 19.0 Å². The first-order chi connectivity index (χ1) is 32.4. The highest BCUT2D eigenvalue weighted by Gasteiger charge is 2.65. The lowest BCUT2D eigenvalue weighted by molar-refractivity contribution is -0.255. The minimum Gasteiger partial charge on any atom is -0.493 e. The van der Waals surface area contributed by atoms with Crippen LogP contribution in [0.3, 0.4) is 0 Å². The van der Waals surface area contributed by atoms with Gasteiger partial charge >= 0.3 is 0 Å². The van der Waals surface area contributed by atoms with Gasteiger partial charge in [0.05, 0.1) is 62.9 Å². The number of rotatable bonds is 25. The second-order valence-electron chi connectivity index (χ2n) is 17.2. The molecular weight excluding hydrogens is 859 g/mol. The Hall–Kier alpha value is -4.72. The zero-order valence-corrected chi connectivity index (χ0v) is 38.7. The average Bonchev–Trinajstić information content (AvgIpc) is 3.35. The molecule has 7 unspecified atom stereocenters. The number of amides is 1. The number of allylic oxidation sites excluding steroid dienone is 1. The van der Waals surface area contributed by atoms with Crippen molar-refractivity contribution < 1.29 is 48.6 Å². The molecule has 7 rings (SSSR count). The number of carbonyl (C=O) groups is 1. The summed E-state index contributed by atoms with van der Waals surface area (Å²) in [6, 6.07) is 24.1. The molecule has 3 aromatic rings. The molecule has 2 fully saturated rings. The number of aliphatic hydroxyl groups excluding tert-OH is 3. The van der Waals surface area contributed by atoms with Gasteiger partial charge in [-0.3, -0.25) is 4.79 Å². The van der Waals surface area contributed by atoms with Crippen molar-refractivity contribution in [1.82, 2.24) is 4.90 Å². The molecule has 3 N–H and O–H groups in total. The maximum absolute atomic E-state index is 15.1. The summed E-state index contributed by atoms with van der Waals surface area (Å²) in [5.74, 6) is -0.404. The Balaban J connectivity index is 1.39. The number of thioether (sulfide) groups is 1. The van der Waals surface area contributed by atoms with E-state index in [1.54, 1.807) is 47.0 Å². The van der Waals surface area contributed by atoms with Crippen LogP contribution < -0.4 is 9.47 Å². The molecule has 3 aromatic carbocycles. The summed E-state index contributed by atoms with van der Waals surface area (Å²) in [6.07, 6.45) is 10.8. The van der Waals surface area contributed by atoms with Gasteiger partial charge in [0.15, 0.2) is 0 Å². The van der Waals surface area contributed by atoms with Crippen LogP contribution in [0.25, 0.3) is 0 Å². The maximum atomic E-state index is 15.1. The number of nitrogens with zero attached hydrogens (tertiary/aromatic N) is 3. The lowest BCUT2D eigenvalue weighted by atomic mass is 9.55. The van der Waals surface area contributed by atoms with Crippen molar-refractivity contribution in [3.8, 4) is 17.6 Å². The van der Waals surface area contributed by atoms with E-state index in [4.69, 9.17) is 33.7 Å². The molecule has 0 bridgehead atoms. The van der Waals surface area contributed by atoms with Crippen molar-refractivity contribution in [3.05, 3.63) is 114 Å². The molecule has 1 amide bonds. The molecule has 66 heavy (non-hydrogen) atoms. The zero-order chi connectivity index (χ0) is 46.1. The number of hydrogen-bond donors (Lipinski definition) is 3. The minimum absolute atomic E-state index is 0.0281. The summed E-state index contributed by atoms with van der Waals surface area (Å²) in [4.78, 5) is 24.3. The maximum Gasteiger partial charge on any atom is 0.254 e. The summed E-state index contributed by atoms with van der Waals surface area (Å²) >= 11 is 1.73. The zero-order valence-electron chi connectivity index (χ0n) is 37.8. The number of benzene rings is 3. The van der Waals surface area contributed by atoms with Crippen LogP contribution in [-0.4, -0.2) is 115 Å². The second-order valence-corrected chi connectivity index (χ2v) is 18.4. The number of oxime groups is 1. The third-order valence-electron chi connectivity index (χ3n) is 13.0. The van der Waals surface area contributed by atoms with Crippen molar-refractivity contribution in [3.63, 3.8) is 0 Å². The molecule has 2 heterocycles. The fourth-order valence-corrected chi connectivity index (χ4v) is 10.8. The average molecular weight is 924 g/mol. The van der Waals surface area contributed by atoms with Gasteiger partial charge in [0.25, 0.3) is 5.91 Å². The highest BCUT2D eigenvalue weighted by atomic mass is 32.2. The Labute approximate surface area is 393 Å². The summed E-state index contributed by atoms with van der Waals surface area (Å²) in [6.45, 7) is 5.54. The summed E-state index contributed by atoms with van der Waals surface area (Å²) in [7, 11) is 0. The lowest BCUT2D eigenvalue weighted by Gasteiger charge is -2.60. The van der Waals surface area contributed by atoms with Gasteiger partial charge in [-0.2, -0.15) is 5.26 Å². The van der Waals surface area contributed by atoms with Crippen LogP contribution in [0, 0.1) is 29.1 Å². The molecule has 354 valence electrons. The first-order valence-electron chi connectivity index (χ1n) is 23.6. The van der Waals surface area contributed by atoms with Crippen LogP contribution in [0.5, 0.6) is 11.5 Å². The van der Waals surface area contributed by atoms with Gasteiger partial charge in [-0.25, -0.2) is 0 Å². The Morgan fingerprint density at radius 3 is 2.50 bits per heavy atom. The molecule has 4 aliphatic rings. The number of aliphatic hydroxyl groups is 3. The molecule has 2 aliphatic carbocycles. The molecule has 0 aromatic heterocycles. The normalized spacial score (nSPS) is 24.8. The molecule has 7 atom stereocenters. The molecule has 13 nitrogen and oxygen atoms in total. The first-order valence-corrected chi connectivity index (χ1v) is 24.6. The second kappa shape index (κ2) is 24.9. The van der Waals surface area contributed by atoms with E-state index in [9.17, 15) is 20.6 Å². The van der Waals surface area contributed by atoms with Gasteiger partial charge in [0.1, 0.15) is 17.5 Å². The van der Waals surface area contributed by atoms with Gasteiger partial charge in [-0.1, -0.05) is 48.3 Å². The molecule has 0 spiro atoms. The van der Waals surface area contributed by atoms with Crippen molar-refractivity contribution in [2.45, 2.75) is 93.1 Å². The Morgan fingerprint density at radius 1 is 0.970 bits per heavy atom. The summed E-state index contributed by atoms with van der Waals surface area (Å²) < 4.78 is 32.9. The Bertz CT molecular complexity index is 2120. The SMILES string of the molecule is C=CCOC12Oc3ccc(OCCSc4ccccc4)cc3C3C(CCCCO)C(CCCCO)C=C(C(=NOC4CCCCO4)CC1N(CCOCCO)C(=O)c1ccc(C#N)cc1)C32. The molecule has 14 heteroatoms. The van der Waals surface area contributed by atoms with E-state index in [1.807, 2.05) is 30.3 Å². The third kappa shape index (κ3) is 11.9. The Kier molecular flexibility index (Phi) is 18.5. The van der Waals surface area contributed by atoms with Gasteiger partial charge in [-0.15, -0.1) is 18.3 Å². The van der Waals surface area contributed by atoms with E-state index in [-0.39, 0.29) is 76.3 Å². The molecular formula is C52H65N3O10S. The summed E-state index contributed by atoms with van der Waals surface area (Å²) in [5.41, 5.74) is 3.34. The minimum atomic E-state index is -1.49. The monoisotopic (exact) mass is 923 g/mol. The van der Waals surface area contributed by atoms with E-state index in [1.165, 1.54) is 4.90 Å². The van der Waals surface area contributed by atoms with Gasteiger partial charge < -0.3 is 48.7 Å². The fraction of sp³-hybridized carbons (Fsp3) is 0.519. The number of hydrogen-bond acceptors (Lipinski definition) is 13. The highest BCUT2D eigenvalue weighted by Crippen LogP contribution is 2.62. The number of ether oxygens (including phenoxy) is 5. The molecule has 0 radical (unpaired) electrons. The van der Waals surface area contributed by atoms with Crippen molar-refractivity contribution >= 4 is 23.4 Å². The lowest BCUT2D eigenvalue weighted by Crippen LogP contribution is -2.70. The smallest absolute Gasteiger partial charge is 0.254 e. The van der Waals surface area contributed by atoms with E-state index in [0.717, 1.165) is 55.4 Å². The van der Waals surface area contributed by atoms with Gasteiger partial charge in [0.2, 0.25) is 12.1 Å².